The minimum absolute atomic E-state index is 0. The van der Waals surface area contributed by atoms with Crippen LogP contribution in [0.2, 0.25) is 0 Å². The molecule has 0 amide bonds. The molecule has 0 N–H and O–H groups in total. The molecule has 0 aromatic carbocycles. The Bertz CT molecular complexity index is 61.9. The van der Waals surface area contributed by atoms with E-state index in [4.69, 9.17) is 19.2 Å². The van der Waals surface area contributed by atoms with Crippen molar-refractivity contribution < 1.29 is 75.8 Å². The summed E-state index contributed by atoms with van der Waals surface area (Å²) in [4.78, 5) is 25.6. The Labute approximate surface area is 94.0 Å². The normalized spacial score (nSPS) is 6.56. The monoisotopic (exact) mass is 148 g/mol. The van der Waals surface area contributed by atoms with Crippen LogP contribution in [0.15, 0.2) is 0 Å². The third-order valence-corrected chi connectivity index (χ3v) is 0. The standard InChI is InChI=1S/3Li.H3O4P.H4Si/c;;;1-5(2,3)4;/h;;;(H3,1,2,3,4);1H4/q3*+1;;/p-3. The molecule has 9 heavy (non-hydrogen) atoms. The molecule has 0 bridgehead atoms. The topological polar surface area (TPSA) is 86.2 Å². The first kappa shape index (κ1) is 30.4. The van der Waals surface area contributed by atoms with Crippen LogP contribution < -0.4 is 71.3 Å². The Hall–Kier alpha value is 2.12. The molecule has 0 aliphatic heterocycles. The molecule has 0 aromatic rings. The maximum absolute atomic E-state index is 8.55. The van der Waals surface area contributed by atoms with Crippen molar-refractivity contribution in [2.24, 2.45) is 0 Å². The van der Waals surface area contributed by atoms with Gasteiger partial charge >= 0.3 is 56.6 Å². The average Bonchev–Trinajstić information content (AvgIpc) is 0.722. The first-order chi connectivity index (χ1) is 2.00. The van der Waals surface area contributed by atoms with Crippen molar-refractivity contribution in [1.82, 2.24) is 0 Å². The molecule has 0 radical (unpaired) electrons. The van der Waals surface area contributed by atoms with Crippen LogP contribution >= 0.6 is 7.82 Å². The van der Waals surface area contributed by atoms with Gasteiger partial charge in [0.2, 0.25) is 0 Å². The number of rotatable bonds is 0. The molecule has 0 unspecified atom stereocenters. The Morgan fingerprint density at radius 1 is 0.889 bits per heavy atom. The van der Waals surface area contributed by atoms with E-state index in [1.54, 1.807) is 0 Å². The summed E-state index contributed by atoms with van der Waals surface area (Å²) >= 11 is 0. The van der Waals surface area contributed by atoms with Gasteiger partial charge in [0.25, 0.3) is 0 Å². The van der Waals surface area contributed by atoms with Crippen LogP contribution in [0.5, 0.6) is 0 Å². The van der Waals surface area contributed by atoms with Crippen molar-refractivity contribution in [2.75, 3.05) is 0 Å². The zero-order chi connectivity index (χ0) is 4.50. The summed E-state index contributed by atoms with van der Waals surface area (Å²) in [7, 11) is -5.39. The van der Waals surface area contributed by atoms with E-state index in [2.05, 4.69) is 0 Å². The Morgan fingerprint density at radius 2 is 0.889 bits per heavy atom. The van der Waals surface area contributed by atoms with Crippen molar-refractivity contribution >= 4 is 18.8 Å². The quantitative estimate of drug-likeness (QED) is 0.252. The number of hydrogen-bond acceptors (Lipinski definition) is 4. The van der Waals surface area contributed by atoms with E-state index in [1.807, 2.05) is 0 Å². The molecule has 0 spiro atoms. The van der Waals surface area contributed by atoms with Gasteiger partial charge in [-0.05, 0) is 11.0 Å². The van der Waals surface area contributed by atoms with Gasteiger partial charge in [-0.1, -0.05) is 0 Å². The first-order valence-electron chi connectivity index (χ1n) is 0.730. The van der Waals surface area contributed by atoms with Crippen LogP contribution in [0.25, 0.3) is 0 Å². The van der Waals surface area contributed by atoms with Gasteiger partial charge in [0.15, 0.2) is 0 Å². The molecule has 40 valence electrons. The first-order valence-corrected chi connectivity index (χ1v) is 2.19. The molecule has 4 nitrogen and oxygen atoms in total. The van der Waals surface area contributed by atoms with E-state index in [1.165, 1.54) is 0 Å². The second-order valence-electron chi connectivity index (χ2n) is 0.447. The Morgan fingerprint density at radius 3 is 0.889 bits per heavy atom. The maximum Gasteiger partial charge on any atom is 1.00 e. The van der Waals surface area contributed by atoms with E-state index in [-0.39, 0.29) is 67.5 Å². The molecule has 0 saturated heterocycles. The average molecular weight is 148 g/mol. The van der Waals surface area contributed by atoms with Gasteiger partial charge in [-0.25, -0.2) is 0 Å². The number of hydrogen-bond donors (Lipinski definition) is 0. The van der Waals surface area contributed by atoms with Crippen molar-refractivity contribution in [3.8, 4) is 0 Å². The van der Waals surface area contributed by atoms with E-state index in [0.717, 1.165) is 0 Å². The van der Waals surface area contributed by atoms with Crippen molar-refractivity contribution in [3.05, 3.63) is 0 Å². The third kappa shape index (κ3) is 149. The van der Waals surface area contributed by atoms with Crippen LogP contribution in [-0.4, -0.2) is 11.0 Å². The van der Waals surface area contributed by atoms with Gasteiger partial charge in [0, 0.05) is 0 Å². The second-order valence-corrected chi connectivity index (χ2v) is 1.34. The van der Waals surface area contributed by atoms with Crippen molar-refractivity contribution in [1.29, 1.82) is 0 Å². The van der Waals surface area contributed by atoms with Crippen LogP contribution in [0.1, 0.15) is 0 Å². The minimum Gasteiger partial charge on any atom is -0.822 e. The maximum atomic E-state index is 8.55. The van der Waals surface area contributed by atoms with Gasteiger partial charge in [-0.2, -0.15) is 7.82 Å². The van der Waals surface area contributed by atoms with Gasteiger partial charge < -0.3 is 19.2 Å². The summed E-state index contributed by atoms with van der Waals surface area (Å²) in [6.07, 6.45) is 0. The zero-order valence-corrected chi connectivity index (χ0v) is 5.97. The molecular formula is H4Li3O4PSi. The molecule has 0 atom stereocenters. The van der Waals surface area contributed by atoms with E-state index < -0.39 is 7.82 Å². The second kappa shape index (κ2) is 12.8. The number of phosphoric acid groups is 1. The van der Waals surface area contributed by atoms with Crippen LogP contribution in [-0.2, 0) is 4.57 Å². The fourth-order valence-electron chi connectivity index (χ4n) is 0. The van der Waals surface area contributed by atoms with Crippen molar-refractivity contribution in [3.63, 3.8) is 0 Å². The fraction of sp³-hybridized carbons (Fsp3) is 0. The fourth-order valence-corrected chi connectivity index (χ4v) is 0. The smallest absolute Gasteiger partial charge is 0.822 e. The summed E-state index contributed by atoms with van der Waals surface area (Å²) in [5.74, 6) is 0. The summed E-state index contributed by atoms with van der Waals surface area (Å²) < 4.78 is 8.55. The molecule has 0 rings (SSSR count). The van der Waals surface area contributed by atoms with E-state index in [0.29, 0.717) is 0 Å². The van der Waals surface area contributed by atoms with Crippen LogP contribution in [0.4, 0.5) is 0 Å². The van der Waals surface area contributed by atoms with E-state index >= 15 is 0 Å². The molecule has 0 aliphatic carbocycles. The SMILES string of the molecule is O=P([O-])([O-])[O-].[Li+].[Li+].[Li+].[SiH4]. The van der Waals surface area contributed by atoms with Crippen LogP contribution in [0.3, 0.4) is 0 Å². The van der Waals surface area contributed by atoms with Crippen molar-refractivity contribution in [2.45, 2.75) is 0 Å². The Balaban J connectivity index is -0.0000000133. The summed E-state index contributed by atoms with van der Waals surface area (Å²) in [6.45, 7) is 0. The van der Waals surface area contributed by atoms with Gasteiger partial charge in [0.1, 0.15) is 0 Å². The minimum atomic E-state index is -5.39. The molecule has 9 heteroatoms. The van der Waals surface area contributed by atoms with E-state index in [9.17, 15) is 0 Å². The van der Waals surface area contributed by atoms with Crippen LogP contribution in [0, 0.1) is 0 Å². The molecule has 0 saturated carbocycles. The summed E-state index contributed by atoms with van der Waals surface area (Å²) in [5, 5.41) is 0. The predicted molar refractivity (Wildman–Crippen MR) is 18.9 cm³/mol. The molecule has 0 heterocycles. The summed E-state index contributed by atoms with van der Waals surface area (Å²) in [5.41, 5.74) is 0. The largest absolute Gasteiger partial charge is 1.00 e. The van der Waals surface area contributed by atoms with Gasteiger partial charge in [-0.15, -0.1) is 0 Å². The Kier molecular flexibility index (Phi) is 43.1. The zero-order valence-electron chi connectivity index (χ0n) is 5.08. The molecule has 0 fully saturated rings. The molecule has 0 aromatic heterocycles. The predicted octanol–water partition coefficient (Wildman–Crippen LogP) is -13.3. The molecule has 0 aliphatic rings. The van der Waals surface area contributed by atoms with Gasteiger partial charge in [-0.3, -0.25) is 0 Å². The molecular weight excluding hydrogens is 144 g/mol. The van der Waals surface area contributed by atoms with Gasteiger partial charge in [0.05, 0.1) is 0 Å². The third-order valence-electron chi connectivity index (χ3n) is 0. The summed E-state index contributed by atoms with van der Waals surface area (Å²) in [6, 6.07) is 0.